The van der Waals surface area contributed by atoms with Crippen LogP contribution in [0.5, 0.6) is 0 Å². The molecule has 2 aromatic carbocycles. The maximum atomic E-state index is 12.2. The minimum Gasteiger partial charge on any atom is -0.280 e. The lowest BCUT2D eigenvalue weighted by molar-refractivity contribution is 0.599. The summed E-state index contributed by atoms with van der Waals surface area (Å²) in [7, 11) is -7.36. The summed E-state index contributed by atoms with van der Waals surface area (Å²) in [6.07, 6.45) is 1.02. The molecule has 2 rings (SSSR count). The third-order valence-corrected chi connectivity index (χ3v) is 5.35. The first-order valence-electron chi connectivity index (χ1n) is 5.77. The van der Waals surface area contributed by atoms with Crippen LogP contribution < -0.4 is 4.72 Å². The minimum atomic E-state index is -3.89. The Morgan fingerprint density at radius 1 is 0.905 bits per heavy atom. The molecule has 0 bridgehead atoms. The summed E-state index contributed by atoms with van der Waals surface area (Å²) in [5, 5.41) is 0.389. The number of nitrogens with one attached hydrogen (secondary N) is 1. The molecule has 112 valence electrons. The van der Waals surface area contributed by atoms with E-state index in [1.54, 1.807) is 18.2 Å². The van der Waals surface area contributed by atoms with Crippen LogP contribution in [0.3, 0.4) is 0 Å². The van der Waals surface area contributed by atoms with E-state index in [4.69, 9.17) is 11.6 Å². The van der Waals surface area contributed by atoms with Crippen LogP contribution in [0.15, 0.2) is 58.3 Å². The van der Waals surface area contributed by atoms with Crippen molar-refractivity contribution in [1.29, 1.82) is 0 Å². The van der Waals surface area contributed by atoms with Crippen molar-refractivity contribution in [1.82, 2.24) is 0 Å². The first-order chi connectivity index (χ1) is 9.68. The number of sulfone groups is 1. The fourth-order valence-electron chi connectivity index (χ4n) is 1.64. The smallest absolute Gasteiger partial charge is 0.261 e. The second kappa shape index (κ2) is 5.67. The number of benzene rings is 2. The Morgan fingerprint density at radius 3 is 2.14 bits per heavy atom. The summed E-state index contributed by atoms with van der Waals surface area (Å²) in [4.78, 5) is -0.193. The highest BCUT2D eigenvalue weighted by Crippen LogP contribution is 2.21. The number of hydrogen-bond donors (Lipinski definition) is 1. The summed E-state index contributed by atoms with van der Waals surface area (Å²) < 4.78 is 49.8. The number of hydrogen-bond acceptors (Lipinski definition) is 4. The van der Waals surface area contributed by atoms with Gasteiger partial charge in [-0.15, -0.1) is 0 Å². The van der Waals surface area contributed by atoms with Crippen LogP contribution >= 0.6 is 11.6 Å². The molecule has 0 amide bonds. The molecular weight excluding hydrogens is 334 g/mol. The van der Waals surface area contributed by atoms with E-state index in [0.717, 1.165) is 12.3 Å². The number of rotatable bonds is 4. The molecule has 0 aromatic heterocycles. The van der Waals surface area contributed by atoms with Crippen LogP contribution in [0.1, 0.15) is 0 Å². The third kappa shape index (κ3) is 3.96. The van der Waals surface area contributed by atoms with E-state index < -0.39 is 19.9 Å². The number of sulfonamides is 1. The van der Waals surface area contributed by atoms with Gasteiger partial charge in [0.2, 0.25) is 0 Å². The minimum absolute atomic E-state index is 0.0588. The Hall–Kier alpha value is -1.57. The molecule has 5 nitrogen and oxygen atoms in total. The van der Waals surface area contributed by atoms with Crippen LogP contribution in [0.2, 0.25) is 5.02 Å². The van der Waals surface area contributed by atoms with Gasteiger partial charge in [0.25, 0.3) is 10.0 Å². The highest BCUT2D eigenvalue weighted by Gasteiger charge is 2.17. The van der Waals surface area contributed by atoms with Gasteiger partial charge in [0, 0.05) is 11.3 Å². The van der Waals surface area contributed by atoms with Gasteiger partial charge in [-0.25, -0.2) is 16.8 Å². The van der Waals surface area contributed by atoms with E-state index in [0.29, 0.717) is 10.7 Å². The average Bonchev–Trinajstić information content (AvgIpc) is 2.37. The highest BCUT2D eigenvalue weighted by molar-refractivity contribution is 7.93. The van der Waals surface area contributed by atoms with Crippen molar-refractivity contribution in [3.8, 4) is 0 Å². The first-order valence-corrected chi connectivity index (χ1v) is 9.52. The Bertz CT molecular complexity index is 877. The summed E-state index contributed by atoms with van der Waals surface area (Å²) >= 11 is 5.79. The van der Waals surface area contributed by atoms with Gasteiger partial charge in [-0.3, -0.25) is 4.72 Å². The lowest BCUT2D eigenvalue weighted by Crippen LogP contribution is -2.13. The monoisotopic (exact) mass is 345 g/mol. The molecule has 0 heterocycles. The van der Waals surface area contributed by atoms with E-state index >= 15 is 0 Å². The van der Waals surface area contributed by atoms with E-state index in [9.17, 15) is 16.8 Å². The van der Waals surface area contributed by atoms with Crippen molar-refractivity contribution in [3.05, 3.63) is 53.6 Å². The van der Waals surface area contributed by atoms with Crippen molar-refractivity contribution in [2.45, 2.75) is 9.79 Å². The lowest BCUT2D eigenvalue weighted by Gasteiger charge is -2.09. The van der Waals surface area contributed by atoms with Gasteiger partial charge in [-0.2, -0.15) is 0 Å². The zero-order valence-corrected chi connectivity index (χ0v) is 13.3. The molecule has 0 radical (unpaired) electrons. The summed E-state index contributed by atoms with van der Waals surface area (Å²) in [5.41, 5.74) is 0.298. The Morgan fingerprint density at radius 2 is 1.52 bits per heavy atom. The lowest BCUT2D eigenvalue weighted by atomic mass is 10.3. The summed E-state index contributed by atoms with van der Waals surface area (Å²) in [6.45, 7) is 0. The number of anilines is 1. The molecule has 0 spiro atoms. The zero-order valence-electron chi connectivity index (χ0n) is 10.9. The van der Waals surface area contributed by atoms with Gasteiger partial charge in [-0.1, -0.05) is 23.7 Å². The second-order valence-corrected chi connectivity index (χ2v) is 8.50. The molecule has 8 heteroatoms. The normalized spacial score (nSPS) is 12.1. The van der Waals surface area contributed by atoms with Crippen molar-refractivity contribution in [2.24, 2.45) is 0 Å². The Labute approximate surface area is 128 Å². The van der Waals surface area contributed by atoms with Gasteiger partial charge >= 0.3 is 0 Å². The molecule has 1 N–H and O–H groups in total. The van der Waals surface area contributed by atoms with Crippen LogP contribution in [0.4, 0.5) is 5.69 Å². The van der Waals surface area contributed by atoms with Gasteiger partial charge < -0.3 is 0 Å². The summed E-state index contributed by atoms with van der Waals surface area (Å²) in [5.74, 6) is 0. The van der Waals surface area contributed by atoms with E-state index in [1.807, 2.05) is 0 Å². The largest absolute Gasteiger partial charge is 0.280 e. The van der Waals surface area contributed by atoms with Crippen molar-refractivity contribution in [3.63, 3.8) is 0 Å². The van der Waals surface area contributed by atoms with Gasteiger partial charge in [0.1, 0.15) is 0 Å². The van der Waals surface area contributed by atoms with Crippen LogP contribution in [-0.2, 0) is 19.9 Å². The number of halogens is 1. The second-order valence-electron chi connectivity index (χ2n) is 4.36. The van der Waals surface area contributed by atoms with Crippen LogP contribution in [0.25, 0.3) is 0 Å². The Kier molecular flexibility index (Phi) is 4.27. The predicted octanol–water partition coefficient (Wildman–Crippen LogP) is 2.54. The van der Waals surface area contributed by atoms with Crippen LogP contribution in [-0.4, -0.2) is 23.1 Å². The van der Waals surface area contributed by atoms with E-state index in [1.165, 1.54) is 24.3 Å². The SMILES string of the molecule is CS(=O)(=O)c1cccc(S(=O)(=O)Nc2cccc(Cl)c2)c1. The fourth-order valence-corrected chi connectivity index (χ4v) is 3.66. The molecule has 0 aliphatic heterocycles. The highest BCUT2D eigenvalue weighted by atomic mass is 35.5. The van der Waals surface area contributed by atoms with E-state index in [2.05, 4.69) is 4.72 Å². The molecule has 2 aromatic rings. The molecule has 0 atom stereocenters. The first kappa shape index (κ1) is 15.8. The van der Waals surface area contributed by atoms with Crippen molar-refractivity contribution >= 4 is 37.1 Å². The Balaban J connectivity index is 2.41. The fraction of sp³-hybridized carbons (Fsp3) is 0.0769. The molecule has 0 aliphatic carbocycles. The third-order valence-electron chi connectivity index (χ3n) is 2.62. The average molecular weight is 346 g/mol. The molecule has 21 heavy (non-hydrogen) atoms. The molecule has 0 saturated carbocycles. The topological polar surface area (TPSA) is 80.3 Å². The molecule has 0 aliphatic rings. The maximum absolute atomic E-state index is 12.2. The van der Waals surface area contributed by atoms with Gasteiger partial charge in [0.15, 0.2) is 9.84 Å². The molecule has 0 unspecified atom stereocenters. The molecule has 0 fully saturated rings. The maximum Gasteiger partial charge on any atom is 0.261 e. The van der Waals surface area contributed by atoms with Gasteiger partial charge in [-0.05, 0) is 36.4 Å². The zero-order chi connectivity index (χ0) is 15.7. The van der Waals surface area contributed by atoms with Crippen molar-refractivity contribution in [2.75, 3.05) is 11.0 Å². The molecule has 0 saturated heterocycles. The summed E-state index contributed by atoms with van der Waals surface area (Å²) in [6, 6.07) is 11.4. The quantitative estimate of drug-likeness (QED) is 0.923. The predicted molar refractivity (Wildman–Crippen MR) is 81.8 cm³/mol. The van der Waals surface area contributed by atoms with Crippen LogP contribution in [0, 0.1) is 0 Å². The van der Waals surface area contributed by atoms with Crippen molar-refractivity contribution < 1.29 is 16.8 Å². The molecular formula is C13H12ClNO4S2. The van der Waals surface area contributed by atoms with E-state index in [-0.39, 0.29) is 9.79 Å². The standard InChI is InChI=1S/C13H12ClNO4S2/c1-20(16,17)12-6-3-7-13(9-12)21(18,19)15-11-5-2-4-10(14)8-11/h2-9,15H,1H3. The van der Waals surface area contributed by atoms with Gasteiger partial charge in [0.05, 0.1) is 15.5 Å².